The monoisotopic (exact) mass is 437 g/mol. The predicted octanol–water partition coefficient (Wildman–Crippen LogP) is 0.883. The van der Waals surface area contributed by atoms with Gasteiger partial charge in [0.15, 0.2) is 9.84 Å². The lowest BCUT2D eigenvalue weighted by molar-refractivity contribution is -0.128. The van der Waals surface area contributed by atoms with Crippen molar-refractivity contribution in [3.8, 4) is 0 Å². The normalized spacial score (nSPS) is 21.4. The molecule has 2 fully saturated rings. The summed E-state index contributed by atoms with van der Waals surface area (Å²) >= 11 is 1.22. The zero-order valence-electron chi connectivity index (χ0n) is 15.9. The van der Waals surface area contributed by atoms with Crippen molar-refractivity contribution in [2.24, 2.45) is 5.92 Å². The third-order valence-electron chi connectivity index (χ3n) is 5.16. The number of aromatic nitrogens is 3. The second-order valence-corrected chi connectivity index (χ2v) is 10.4. The Balaban J connectivity index is 1.22. The summed E-state index contributed by atoms with van der Waals surface area (Å²) in [7, 11) is -2.92. The number of hydrogen-bond donors (Lipinski definition) is 0. The van der Waals surface area contributed by atoms with Gasteiger partial charge in [0.25, 0.3) is 5.22 Å². The van der Waals surface area contributed by atoms with Crippen LogP contribution in [0.15, 0.2) is 34.0 Å². The number of piperazine rings is 1. The number of sulfone groups is 1. The van der Waals surface area contributed by atoms with Crippen molar-refractivity contribution in [1.82, 2.24) is 20.1 Å². The van der Waals surface area contributed by atoms with Gasteiger partial charge in [0.2, 0.25) is 11.8 Å². The summed E-state index contributed by atoms with van der Waals surface area (Å²) in [5, 5.41) is 8.31. The third-order valence-corrected chi connectivity index (χ3v) is 7.80. The Kier molecular flexibility index (Phi) is 6.04. The standard InChI is InChI=1S/C18H23N5O4S2/c24-17(23-8-6-22(7-9-23)15-3-1-2-5-19-15)12-28-18-21-20-16(27-18)11-14-4-10-29(25,26)13-14/h1-3,5,14H,4,6-13H2. The highest BCUT2D eigenvalue weighted by Crippen LogP contribution is 2.24. The lowest BCUT2D eigenvalue weighted by Gasteiger charge is -2.35. The van der Waals surface area contributed by atoms with Crippen molar-refractivity contribution in [3.05, 3.63) is 30.3 Å². The number of carbonyl (C=O) groups is 1. The fourth-order valence-electron chi connectivity index (χ4n) is 3.60. The molecule has 29 heavy (non-hydrogen) atoms. The Morgan fingerprint density at radius 2 is 2.03 bits per heavy atom. The van der Waals surface area contributed by atoms with Gasteiger partial charge in [-0.3, -0.25) is 4.79 Å². The lowest BCUT2D eigenvalue weighted by Crippen LogP contribution is -2.49. The lowest BCUT2D eigenvalue weighted by atomic mass is 10.1. The van der Waals surface area contributed by atoms with Crippen LogP contribution in [-0.4, -0.2) is 77.8 Å². The van der Waals surface area contributed by atoms with Gasteiger partial charge in [0.1, 0.15) is 5.82 Å². The average Bonchev–Trinajstić information content (AvgIpc) is 3.32. The predicted molar refractivity (Wildman–Crippen MR) is 109 cm³/mol. The number of nitrogens with zero attached hydrogens (tertiary/aromatic N) is 5. The summed E-state index contributed by atoms with van der Waals surface area (Å²) in [5.41, 5.74) is 0. The largest absolute Gasteiger partial charge is 0.416 e. The number of hydrogen-bond acceptors (Lipinski definition) is 9. The molecule has 2 aromatic heterocycles. The molecular weight excluding hydrogens is 414 g/mol. The zero-order chi connectivity index (χ0) is 20.3. The van der Waals surface area contributed by atoms with Crippen LogP contribution >= 0.6 is 11.8 Å². The van der Waals surface area contributed by atoms with Gasteiger partial charge < -0.3 is 14.2 Å². The maximum Gasteiger partial charge on any atom is 0.277 e. The van der Waals surface area contributed by atoms with Crippen LogP contribution < -0.4 is 4.90 Å². The molecular formula is C18H23N5O4S2. The van der Waals surface area contributed by atoms with E-state index in [2.05, 4.69) is 20.1 Å². The molecule has 156 valence electrons. The summed E-state index contributed by atoms with van der Waals surface area (Å²) in [4.78, 5) is 20.8. The molecule has 0 bridgehead atoms. The number of rotatable bonds is 6. The molecule has 0 radical (unpaired) electrons. The van der Waals surface area contributed by atoms with Crippen LogP contribution in [0, 0.1) is 5.92 Å². The van der Waals surface area contributed by atoms with E-state index < -0.39 is 9.84 Å². The van der Waals surface area contributed by atoms with E-state index in [0.29, 0.717) is 37.0 Å². The van der Waals surface area contributed by atoms with E-state index in [1.807, 2.05) is 23.1 Å². The molecule has 0 aliphatic carbocycles. The van der Waals surface area contributed by atoms with E-state index in [1.165, 1.54) is 11.8 Å². The number of amides is 1. The van der Waals surface area contributed by atoms with Crippen molar-refractivity contribution in [3.63, 3.8) is 0 Å². The zero-order valence-corrected chi connectivity index (χ0v) is 17.6. The number of anilines is 1. The van der Waals surface area contributed by atoms with Crippen molar-refractivity contribution in [2.45, 2.75) is 18.1 Å². The summed E-state index contributed by atoms with van der Waals surface area (Å²) in [6.45, 7) is 2.81. The minimum Gasteiger partial charge on any atom is -0.416 e. The highest BCUT2D eigenvalue weighted by atomic mass is 32.2. The van der Waals surface area contributed by atoms with Crippen molar-refractivity contribution in [1.29, 1.82) is 0 Å². The molecule has 0 N–H and O–H groups in total. The molecule has 2 aliphatic rings. The molecule has 4 heterocycles. The summed E-state index contributed by atoms with van der Waals surface area (Å²) in [5.74, 6) is 2.10. The van der Waals surface area contributed by atoms with Gasteiger partial charge in [0.05, 0.1) is 17.3 Å². The summed E-state index contributed by atoms with van der Waals surface area (Å²) < 4.78 is 28.7. The van der Waals surface area contributed by atoms with E-state index in [-0.39, 0.29) is 29.1 Å². The molecule has 11 heteroatoms. The first kappa shape index (κ1) is 20.1. The quantitative estimate of drug-likeness (QED) is 0.608. The second-order valence-electron chi connectivity index (χ2n) is 7.28. The third kappa shape index (κ3) is 5.27. The highest BCUT2D eigenvalue weighted by molar-refractivity contribution is 7.99. The van der Waals surface area contributed by atoms with E-state index in [4.69, 9.17) is 4.42 Å². The smallest absolute Gasteiger partial charge is 0.277 e. The number of thioether (sulfide) groups is 1. The van der Waals surface area contributed by atoms with Crippen LogP contribution in [0.1, 0.15) is 12.3 Å². The Morgan fingerprint density at radius 3 is 2.72 bits per heavy atom. The van der Waals surface area contributed by atoms with Crippen LogP contribution in [0.3, 0.4) is 0 Å². The molecule has 0 aromatic carbocycles. The van der Waals surface area contributed by atoms with Crippen LogP contribution in [0.25, 0.3) is 0 Å². The van der Waals surface area contributed by atoms with Gasteiger partial charge in [-0.15, -0.1) is 10.2 Å². The number of pyridine rings is 1. The molecule has 2 saturated heterocycles. The number of carbonyl (C=O) groups excluding carboxylic acids is 1. The van der Waals surface area contributed by atoms with Crippen LogP contribution in [0.4, 0.5) is 5.82 Å². The Labute approximate surface area is 173 Å². The second kappa shape index (κ2) is 8.70. The van der Waals surface area contributed by atoms with E-state index in [1.54, 1.807) is 6.20 Å². The van der Waals surface area contributed by atoms with Gasteiger partial charge >= 0.3 is 0 Å². The molecule has 9 nitrogen and oxygen atoms in total. The molecule has 0 saturated carbocycles. The van der Waals surface area contributed by atoms with E-state index >= 15 is 0 Å². The van der Waals surface area contributed by atoms with Gasteiger partial charge in [0, 0.05) is 38.8 Å². The molecule has 1 unspecified atom stereocenters. The van der Waals surface area contributed by atoms with Gasteiger partial charge in [-0.25, -0.2) is 13.4 Å². The van der Waals surface area contributed by atoms with Gasteiger partial charge in [-0.2, -0.15) is 0 Å². The minimum absolute atomic E-state index is 0.0373. The molecule has 0 spiro atoms. The van der Waals surface area contributed by atoms with Gasteiger partial charge in [-0.05, 0) is 24.5 Å². The summed E-state index contributed by atoms with van der Waals surface area (Å²) in [6.07, 6.45) is 2.88. The first-order valence-corrected chi connectivity index (χ1v) is 12.4. The van der Waals surface area contributed by atoms with Crippen LogP contribution in [0.2, 0.25) is 0 Å². The first-order valence-electron chi connectivity index (χ1n) is 9.58. The molecule has 1 amide bonds. The van der Waals surface area contributed by atoms with Crippen molar-refractivity contribution < 1.29 is 17.6 Å². The SMILES string of the molecule is O=C(CSc1nnc(CC2CCS(=O)(=O)C2)o1)N1CCN(c2ccccn2)CC1. The highest BCUT2D eigenvalue weighted by Gasteiger charge is 2.29. The molecule has 2 aromatic rings. The molecule has 1 atom stereocenters. The van der Waals surface area contributed by atoms with Crippen molar-refractivity contribution >= 4 is 33.3 Å². The fourth-order valence-corrected chi connectivity index (χ4v) is 6.14. The Bertz CT molecular complexity index is 942. The van der Waals surface area contributed by atoms with E-state index in [0.717, 1.165) is 18.9 Å². The van der Waals surface area contributed by atoms with Crippen LogP contribution in [-0.2, 0) is 21.1 Å². The average molecular weight is 438 g/mol. The fraction of sp³-hybridized carbons (Fsp3) is 0.556. The van der Waals surface area contributed by atoms with Crippen LogP contribution in [0.5, 0.6) is 0 Å². The molecule has 4 rings (SSSR count). The molecule has 2 aliphatic heterocycles. The minimum atomic E-state index is -2.92. The van der Waals surface area contributed by atoms with E-state index in [9.17, 15) is 13.2 Å². The maximum absolute atomic E-state index is 12.5. The van der Waals surface area contributed by atoms with Crippen molar-refractivity contribution in [2.75, 3.05) is 48.3 Å². The topological polar surface area (TPSA) is 110 Å². The maximum atomic E-state index is 12.5. The Morgan fingerprint density at radius 1 is 1.21 bits per heavy atom. The van der Waals surface area contributed by atoms with Gasteiger partial charge in [-0.1, -0.05) is 17.8 Å². The summed E-state index contributed by atoms with van der Waals surface area (Å²) in [6, 6.07) is 5.82. The first-order chi connectivity index (χ1) is 14.0. The Hall–Kier alpha value is -2.14.